The van der Waals surface area contributed by atoms with Gasteiger partial charge >= 0.3 is 0 Å². The van der Waals surface area contributed by atoms with Crippen molar-refractivity contribution < 1.29 is 19.3 Å². The van der Waals surface area contributed by atoms with Crippen molar-refractivity contribution in [3.63, 3.8) is 0 Å². The van der Waals surface area contributed by atoms with Gasteiger partial charge in [0.15, 0.2) is 17.7 Å². The van der Waals surface area contributed by atoms with E-state index in [1.54, 1.807) is 6.33 Å². The van der Waals surface area contributed by atoms with E-state index in [1.807, 2.05) is 54.4 Å². The van der Waals surface area contributed by atoms with Gasteiger partial charge in [-0.15, -0.1) is 0 Å². The van der Waals surface area contributed by atoms with Crippen molar-refractivity contribution in [2.75, 3.05) is 26.8 Å². The van der Waals surface area contributed by atoms with Gasteiger partial charge in [-0.1, -0.05) is 18.2 Å². The summed E-state index contributed by atoms with van der Waals surface area (Å²) in [5.74, 6) is 2.11. The molecule has 0 saturated carbocycles. The first kappa shape index (κ1) is 16.7. The molecule has 2 unspecified atom stereocenters. The smallest absolute Gasteiger partial charge is 0.187 e. The van der Waals surface area contributed by atoms with Gasteiger partial charge in [0.2, 0.25) is 0 Å². The number of para-hydroxylation sites is 3. The Hall–Kier alpha value is -2.77. The summed E-state index contributed by atoms with van der Waals surface area (Å²) in [6.07, 6.45) is 0.698. The molecule has 7 heteroatoms. The average molecular weight is 355 g/mol. The summed E-state index contributed by atoms with van der Waals surface area (Å²) in [7, 11) is 1.89. The molecule has 136 valence electrons. The lowest BCUT2D eigenvalue weighted by molar-refractivity contribution is -0.0387. The summed E-state index contributed by atoms with van der Waals surface area (Å²) in [6, 6.07) is 13.2. The quantitative estimate of drug-likeness (QED) is 0.704. The van der Waals surface area contributed by atoms with E-state index in [0.29, 0.717) is 24.7 Å². The van der Waals surface area contributed by atoms with Crippen LogP contribution in [0.4, 0.5) is 0 Å². The number of hydrogen-bond donors (Lipinski definition) is 2. The number of aliphatic hydroxyl groups excluding tert-OH is 1. The molecule has 2 N–H and O–H groups in total. The maximum Gasteiger partial charge on any atom is 0.187 e. The Morgan fingerprint density at radius 2 is 2.12 bits per heavy atom. The largest absolute Gasteiger partial charge is 0.488 e. The van der Waals surface area contributed by atoms with Crippen LogP contribution in [0, 0.1) is 0 Å². The van der Waals surface area contributed by atoms with Crippen LogP contribution in [0.5, 0.6) is 17.2 Å². The number of nitrogens with one attached hydrogen (secondary N) is 1. The molecule has 0 radical (unpaired) electrons. The van der Waals surface area contributed by atoms with Crippen LogP contribution in [-0.2, 0) is 0 Å². The van der Waals surface area contributed by atoms with E-state index in [9.17, 15) is 5.11 Å². The molecule has 0 spiro atoms. The predicted octanol–water partition coefficient (Wildman–Crippen LogP) is 2.03. The molecule has 7 nitrogen and oxygen atoms in total. The number of nitrogens with zero attached hydrogens (tertiary/aromatic N) is 2. The van der Waals surface area contributed by atoms with Gasteiger partial charge in [0.05, 0.1) is 11.8 Å². The Balaban J connectivity index is 1.32. The normalized spacial score (nSPS) is 17.4. The number of aliphatic hydroxyl groups is 1. The third-order valence-corrected chi connectivity index (χ3v) is 4.33. The number of likely N-dealkylation sites (N-methyl/N-ethyl adjacent to an activating group) is 1. The first-order valence-corrected chi connectivity index (χ1v) is 8.52. The third-order valence-electron chi connectivity index (χ3n) is 4.33. The topological polar surface area (TPSA) is 79.8 Å². The summed E-state index contributed by atoms with van der Waals surface area (Å²) >= 11 is 0. The van der Waals surface area contributed by atoms with Crippen molar-refractivity contribution in [3.05, 3.63) is 48.8 Å². The fourth-order valence-corrected chi connectivity index (χ4v) is 2.97. The minimum Gasteiger partial charge on any atom is -0.488 e. The highest BCUT2D eigenvalue weighted by Crippen LogP contribution is 2.31. The molecule has 26 heavy (non-hydrogen) atoms. The lowest BCUT2D eigenvalue weighted by Crippen LogP contribution is -2.47. The van der Waals surface area contributed by atoms with E-state index >= 15 is 0 Å². The van der Waals surface area contributed by atoms with Crippen molar-refractivity contribution in [1.29, 1.82) is 0 Å². The van der Waals surface area contributed by atoms with Crippen LogP contribution in [0.15, 0.2) is 48.8 Å². The second-order valence-corrected chi connectivity index (χ2v) is 6.29. The van der Waals surface area contributed by atoms with Gasteiger partial charge in [0.25, 0.3) is 0 Å². The highest BCUT2D eigenvalue weighted by molar-refractivity contribution is 5.81. The second-order valence-electron chi connectivity index (χ2n) is 6.29. The van der Waals surface area contributed by atoms with Crippen LogP contribution in [0.25, 0.3) is 11.0 Å². The number of aromatic nitrogens is 2. The Kier molecular flexibility index (Phi) is 4.64. The van der Waals surface area contributed by atoms with E-state index in [4.69, 9.17) is 14.2 Å². The highest BCUT2D eigenvalue weighted by Gasteiger charge is 2.25. The molecule has 0 aliphatic carbocycles. The van der Waals surface area contributed by atoms with Gasteiger partial charge in [-0.25, -0.2) is 4.98 Å². The maximum atomic E-state index is 10.3. The first-order chi connectivity index (χ1) is 12.7. The van der Waals surface area contributed by atoms with E-state index < -0.39 is 6.10 Å². The number of hydrogen-bond acceptors (Lipinski definition) is 6. The van der Waals surface area contributed by atoms with Gasteiger partial charge in [-0.3, -0.25) is 4.90 Å². The minimum absolute atomic E-state index is 0.167. The number of fused-ring (bicyclic) bond motifs is 2. The summed E-state index contributed by atoms with van der Waals surface area (Å²) in [5, 5.41) is 10.3. The fourth-order valence-electron chi connectivity index (χ4n) is 2.97. The van der Waals surface area contributed by atoms with Gasteiger partial charge < -0.3 is 24.3 Å². The molecular formula is C19H21N3O4. The van der Waals surface area contributed by atoms with E-state index in [-0.39, 0.29) is 12.8 Å². The van der Waals surface area contributed by atoms with E-state index in [1.165, 1.54) is 0 Å². The van der Waals surface area contributed by atoms with Crippen molar-refractivity contribution in [2.24, 2.45) is 0 Å². The number of rotatable bonds is 6. The second kappa shape index (κ2) is 7.23. The molecule has 1 aliphatic heterocycles. The van der Waals surface area contributed by atoms with Crippen molar-refractivity contribution in [2.45, 2.75) is 12.3 Å². The number of benzene rings is 2. The SMILES string of the molecule is CN(CC(O)COc1cccc2[nH]cnc12)C1COc2ccccc2O1. The molecule has 0 fully saturated rings. The zero-order valence-electron chi connectivity index (χ0n) is 14.5. The van der Waals surface area contributed by atoms with Crippen molar-refractivity contribution in [3.8, 4) is 17.2 Å². The molecule has 1 aliphatic rings. The summed E-state index contributed by atoms with van der Waals surface area (Å²) < 4.78 is 17.4. The van der Waals surface area contributed by atoms with Crippen molar-refractivity contribution in [1.82, 2.24) is 14.9 Å². The summed E-state index contributed by atoms with van der Waals surface area (Å²) in [6.45, 7) is 0.973. The summed E-state index contributed by atoms with van der Waals surface area (Å²) in [4.78, 5) is 9.20. The zero-order chi connectivity index (χ0) is 17.9. The molecule has 4 rings (SSSR count). The molecule has 2 heterocycles. The maximum absolute atomic E-state index is 10.3. The standard InChI is InChI=1S/C19H21N3O4/c1-22(18-11-25-15-6-2-3-7-16(15)26-18)9-13(23)10-24-17-8-4-5-14-19(17)21-12-20-14/h2-8,12-13,18,23H,9-11H2,1H3,(H,20,21). The highest BCUT2D eigenvalue weighted by atomic mass is 16.6. The lowest BCUT2D eigenvalue weighted by Gasteiger charge is -2.33. The molecule has 1 aromatic heterocycles. The Morgan fingerprint density at radius 3 is 3.00 bits per heavy atom. The third kappa shape index (κ3) is 3.44. The van der Waals surface area contributed by atoms with Gasteiger partial charge in [-0.2, -0.15) is 0 Å². The first-order valence-electron chi connectivity index (χ1n) is 8.52. The molecule has 0 saturated heterocycles. The van der Waals surface area contributed by atoms with Crippen LogP contribution >= 0.6 is 0 Å². The monoisotopic (exact) mass is 355 g/mol. The Bertz CT molecular complexity index is 882. The van der Waals surface area contributed by atoms with Crippen LogP contribution in [-0.4, -0.2) is 59.1 Å². The van der Waals surface area contributed by atoms with Crippen LogP contribution in [0.2, 0.25) is 0 Å². The van der Waals surface area contributed by atoms with Crippen LogP contribution in [0.3, 0.4) is 0 Å². The van der Waals surface area contributed by atoms with Crippen LogP contribution < -0.4 is 14.2 Å². The van der Waals surface area contributed by atoms with E-state index in [0.717, 1.165) is 16.8 Å². The minimum atomic E-state index is -0.671. The molecule has 2 atom stereocenters. The zero-order valence-corrected chi connectivity index (χ0v) is 14.5. The van der Waals surface area contributed by atoms with Crippen molar-refractivity contribution >= 4 is 11.0 Å². The van der Waals surface area contributed by atoms with E-state index in [2.05, 4.69) is 9.97 Å². The van der Waals surface area contributed by atoms with Gasteiger partial charge in [0, 0.05) is 6.54 Å². The number of aromatic amines is 1. The molecule has 2 aromatic carbocycles. The molecule has 3 aromatic rings. The average Bonchev–Trinajstić information content (AvgIpc) is 3.15. The number of ether oxygens (including phenoxy) is 3. The fraction of sp³-hybridized carbons (Fsp3) is 0.316. The predicted molar refractivity (Wildman–Crippen MR) is 96.6 cm³/mol. The summed E-state index contributed by atoms with van der Waals surface area (Å²) in [5.41, 5.74) is 1.66. The number of H-pyrrole nitrogens is 1. The molecule has 0 amide bonds. The van der Waals surface area contributed by atoms with Gasteiger partial charge in [-0.05, 0) is 31.3 Å². The lowest BCUT2D eigenvalue weighted by atomic mass is 10.3. The number of imidazole rings is 1. The molecular weight excluding hydrogens is 334 g/mol. The van der Waals surface area contributed by atoms with Crippen LogP contribution in [0.1, 0.15) is 0 Å². The van der Waals surface area contributed by atoms with Gasteiger partial charge in [0.1, 0.15) is 30.6 Å². The Morgan fingerprint density at radius 1 is 1.27 bits per heavy atom. The Labute approximate surface area is 151 Å². The molecule has 0 bridgehead atoms.